The van der Waals surface area contributed by atoms with Gasteiger partial charge in [-0.25, -0.2) is 9.67 Å². The number of thiophene rings is 1. The predicted octanol–water partition coefficient (Wildman–Crippen LogP) is 4.89. The quantitative estimate of drug-likeness (QED) is 0.254. The number of nitrogens with one attached hydrogen (secondary N) is 2. The Morgan fingerprint density at radius 3 is 2.53 bits per heavy atom. The van der Waals surface area contributed by atoms with Gasteiger partial charge >= 0.3 is 0 Å². The Morgan fingerprint density at radius 1 is 1.12 bits per heavy atom. The second-order valence-electron chi connectivity index (χ2n) is 7.95. The van der Waals surface area contributed by atoms with Gasteiger partial charge < -0.3 is 15.5 Å². The summed E-state index contributed by atoms with van der Waals surface area (Å²) in [6.07, 6.45) is 2.23. The van der Waals surface area contributed by atoms with Crippen molar-refractivity contribution in [3.63, 3.8) is 0 Å². The summed E-state index contributed by atoms with van der Waals surface area (Å²) in [6.45, 7) is 9.94. The number of nitrogens with zero attached hydrogens (tertiary/aromatic N) is 4. The maximum atomic E-state index is 4.90. The van der Waals surface area contributed by atoms with Crippen LogP contribution in [0.2, 0.25) is 0 Å². The van der Waals surface area contributed by atoms with E-state index in [0.29, 0.717) is 12.6 Å². The Kier molecular flexibility index (Phi) is 8.98. The van der Waals surface area contributed by atoms with Crippen molar-refractivity contribution in [3.8, 4) is 5.69 Å². The Bertz CT molecular complexity index is 991. The molecule has 0 aliphatic carbocycles. The SMILES string of the molecule is CCNC(=NCc1c(C)nn(-c2ccccc2)c1C)NC1CCN(c2cccs2)CC1.I. The van der Waals surface area contributed by atoms with Crippen molar-refractivity contribution < 1.29 is 0 Å². The molecule has 1 aliphatic heterocycles. The molecule has 1 aromatic carbocycles. The minimum Gasteiger partial charge on any atom is -0.363 e. The lowest BCUT2D eigenvalue weighted by Gasteiger charge is -2.33. The van der Waals surface area contributed by atoms with Gasteiger partial charge in [-0.1, -0.05) is 18.2 Å². The van der Waals surface area contributed by atoms with Crippen LogP contribution in [0.25, 0.3) is 5.69 Å². The van der Waals surface area contributed by atoms with Crippen molar-refractivity contribution in [2.75, 3.05) is 24.5 Å². The lowest BCUT2D eigenvalue weighted by Crippen LogP contribution is -2.48. The van der Waals surface area contributed by atoms with Crippen molar-refractivity contribution in [1.29, 1.82) is 0 Å². The maximum Gasteiger partial charge on any atom is 0.191 e. The molecule has 1 fully saturated rings. The molecule has 0 radical (unpaired) electrons. The van der Waals surface area contributed by atoms with Gasteiger partial charge in [-0.3, -0.25) is 0 Å². The van der Waals surface area contributed by atoms with E-state index in [9.17, 15) is 0 Å². The minimum absolute atomic E-state index is 0. The number of hydrogen-bond acceptors (Lipinski definition) is 4. The summed E-state index contributed by atoms with van der Waals surface area (Å²) in [5.41, 5.74) is 4.45. The number of guanidine groups is 1. The molecular weight excluding hydrogens is 531 g/mol. The molecule has 1 aliphatic rings. The summed E-state index contributed by atoms with van der Waals surface area (Å²) < 4.78 is 2.01. The highest BCUT2D eigenvalue weighted by Gasteiger charge is 2.21. The van der Waals surface area contributed by atoms with Gasteiger partial charge in [-0.15, -0.1) is 35.3 Å². The van der Waals surface area contributed by atoms with Crippen LogP contribution in [-0.4, -0.2) is 41.4 Å². The van der Waals surface area contributed by atoms with E-state index in [2.05, 4.69) is 66.0 Å². The van der Waals surface area contributed by atoms with Gasteiger partial charge in [-0.2, -0.15) is 5.10 Å². The number of benzene rings is 1. The van der Waals surface area contributed by atoms with Crippen molar-refractivity contribution in [2.24, 2.45) is 4.99 Å². The van der Waals surface area contributed by atoms with Gasteiger partial charge in [0.15, 0.2) is 5.96 Å². The zero-order valence-electron chi connectivity index (χ0n) is 19.0. The van der Waals surface area contributed by atoms with Crippen LogP contribution in [0.4, 0.5) is 5.00 Å². The van der Waals surface area contributed by atoms with Crippen molar-refractivity contribution in [1.82, 2.24) is 20.4 Å². The third-order valence-electron chi connectivity index (χ3n) is 5.84. The maximum absolute atomic E-state index is 4.90. The zero-order valence-corrected chi connectivity index (χ0v) is 22.2. The molecule has 0 amide bonds. The second-order valence-corrected chi connectivity index (χ2v) is 8.87. The summed E-state index contributed by atoms with van der Waals surface area (Å²) in [5.74, 6) is 0.892. The largest absolute Gasteiger partial charge is 0.363 e. The Labute approximate surface area is 212 Å². The van der Waals surface area contributed by atoms with Crippen LogP contribution in [0.15, 0.2) is 52.8 Å². The van der Waals surface area contributed by atoms with Crippen molar-refractivity contribution >= 4 is 46.3 Å². The fraction of sp³-hybridized carbons (Fsp3) is 0.417. The summed E-state index contributed by atoms with van der Waals surface area (Å²) in [4.78, 5) is 7.39. The molecular formula is C24H33IN6S. The standard InChI is InChI=1S/C24H32N6S.HI/c1-4-25-24(27-20-12-14-29(15-13-20)23-11-8-16-31-23)26-17-22-18(2)28-30(19(22)3)21-9-6-5-7-10-21;/h5-11,16,20H,4,12-15,17H2,1-3H3,(H2,25,26,27);1H. The smallest absolute Gasteiger partial charge is 0.191 e. The lowest BCUT2D eigenvalue weighted by molar-refractivity contribution is 0.463. The van der Waals surface area contributed by atoms with Crippen LogP contribution in [0, 0.1) is 13.8 Å². The summed E-state index contributed by atoms with van der Waals surface area (Å²) in [7, 11) is 0. The zero-order chi connectivity index (χ0) is 21.6. The van der Waals surface area contributed by atoms with Crippen molar-refractivity contribution in [3.05, 3.63) is 64.8 Å². The molecule has 2 aromatic heterocycles. The number of aryl methyl sites for hydroxylation is 1. The molecule has 4 rings (SSSR count). The molecule has 32 heavy (non-hydrogen) atoms. The molecule has 3 heterocycles. The third-order valence-corrected chi connectivity index (χ3v) is 6.76. The molecule has 0 unspecified atom stereocenters. The van der Waals surface area contributed by atoms with Gasteiger partial charge in [-0.05, 0) is 63.3 Å². The van der Waals surface area contributed by atoms with E-state index in [4.69, 9.17) is 10.1 Å². The van der Waals surface area contributed by atoms with E-state index < -0.39 is 0 Å². The average Bonchev–Trinajstić information content (AvgIpc) is 3.42. The first-order valence-electron chi connectivity index (χ1n) is 11.1. The van der Waals surface area contributed by atoms with E-state index >= 15 is 0 Å². The molecule has 0 saturated carbocycles. The molecule has 1 saturated heterocycles. The number of aromatic nitrogens is 2. The average molecular weight is 565 g/mol. The van der Waals surface area contributed by atoms with Crippen LogP contribution >= 0.6 is 35.3 Å². The van der Waals surface area contributed by atoms with Gasteiger partial charge in [0.1, 0.15) is 0 Å². The second kappa shape index (κ2) is 11.7. The Morgan fingerprint density at radius 2 is 1.88 bits per heavy atom. The lowest BCUT2D eigenvalue weighted by atomic mass is 10.1. The fourth-order valence-corrected chi connectivity index (χ4v) is 4.88. The monoisotopic (exact) mass is 564 g/mol. The van der Waals surface area contributed by atoms with E-state index in [-0.39, 0.29) is 24.0 Å². The van der Waals surface area contributed by atoms with Gasteiger partial charge in [0, 0.05) is 36.9 Å². The highest BCUT2D eigenvalue weighted by Crippen LogP contribution is 2.25. The molecule has 8 heteroatoms. The number of aliphatic imine (C=N–C) groups is 1. The Hall–Kier alpha value is -2.07. The Balaban J connectivity index is 0.00000289. The first-order valence-corrected chi connectivity index (χ1v) is 12.0. The molecule has 172 valence electrons. The number of para-hydroxylation sites is 1. The van der Waals surface area contributed by atoms with Crippen LogP contribution < -0.4 is 15.5 Å². The molecule has 3 aromatic rings. The van der Waals surface area contributed by atoms with E-state index in [1.807, 2.05) is 34.2 Å². The first-order chi connectivity index (χ1) is 15.2. The normalized spacial score (nSPS) is 14.8. The number of rotatable bonds is 6. The van der Waals surface area contributed by atoms with Crippen molar-refractivity contribution in [2.45, 2.75) is 46.2 Å². The van der Waals surface area contributed by atoms with Gasteiger partial charge in [0.25, 0.3) is 0 Å². The number of halogens is 1. The predicted molar refractivity (Wildman–Crippen MR) is 146 cm³/mol. The van der Waals surface area contributed by atoms with Crippen LogP contribution in [-0.2, 0) is 6.54 Å². The minimum atomic E-state index is 0. The van der Waals surface area contributed by atoms with Gasteiger partial charge in [0.2, 0.25) is 0 Å². The third kappa shape index (κ3) is 5.83. The molecule has 0 spiro atoms. The summed E-state index contributed by atoms with van der Waals surface area (Å²) in [5, 5.41) is 15.4. The molecule has 2 N–H and O–H groups in total. The fourth-order valence-electron chi connectivity index (χ4n) is 4.09. The van der Waals surface area contributed by atoms with Crippen LogP contribution in [0.5, 0.6) is 0 Å². The summed E-state index contributed by atoms with van der Waals surface area (Å²) >= 11 is 1.82. The van der Waals surface area contributed by atoms with Crippen LogP contribution in [0.1, 0.15) is 36.7 Å². The first kappa shape index (κ1) is 24.6. The highest BCUT2D eigenvalue weighted by molar-refractivity contribution is 14.0. The molecule has 6 nitrogen and oxygen atoms in total. The number of piperidine rings is 1. The summed E-state index contributed by atoms with van der Waals surface area (Å²) in [6, 6.07) is 15.1. The topological polar surface area (TPSA) is 57.5 Å². The molecule has 0 bridgehead atoms. The molecule has 0 atom stereocenters. The van der Waals surface area contributed by atoms with Gasteiger partial charge in [0.05, 0.1) is 22.9 Å². The number of anilines is 1. The van der Waals surface area contributed by atoms with E-state index in [1.54, 1.807) is 0 Å². The van der Waals surface area contributed by atoms with E-state index in [0.717, 1.165) is 55.5 Å². The van der Waals surface area contributed by atoms with Crippen LogP contribution in [0.3, 0.4) is 0 Å². The highest BCUT2D eigenvalue weighted by atomic mass is 127. The number of hydrogen-bond donors (Lipinski definition) is 2. The van der Waals surface area contributed by atoms with E-state index in [1.165, 1.54) is 10.6 Å².